The van der Waals surface area contributed by atoms with Gasteiger partial charge >= 0.3 is 5.97 Å². The summed E-state index contributed by atoms with van der Waals surface area (Å²) in [4.78, 5) is 10.4. The third-order valence-corrected chi connectivity index (χ3v) is 1.50. The summed E-state index contributed by atoms with van der Waals surface area (Å²) in [6.07, 6.45) is -2.86. The number of hydrogen-bond acceptors (Lipinski definition) is 3. The molecule has 0 bridgehead atoms. The van der Waals surface area contributed by atoms with Gasteiger partial charge in [0, 0.05) is 0 Å². The molecule has 1 heterocycles. The molecule has 1 N–H and O–H groups in total. The van der Waals surface area contributed by atoms with Crippen molar-refractivity contribution in [2.45, 2.75) is 6.43 Å². The minimum absolute atomic E-state index is 0.406. The molecule has 0 atom stereocenters. The second-order valence-corrected chi connectivity index (χ2v) is 2.44. The second kappa shape index (κ2) is 3.61. The molecule has 7 heteroatoms. The summed E-state index contributed by atoms with van der Waals surface area (Å²) in [5, 5.41) is 14.2. The van der Waals surface area contributed by atoms with Crippen molar-refractivity contribution in [3.8, 4) is 0 Å². The van der Waals surface area contributed by atoms with Gasteiger partial charge in [0.2, 0.25) is 0 Å². The molecule has 0 unspecified atom stereocenters. The molecule has 0 aliphatic carbocycles. The third kappa shape index (κ3) is 2.09. The van der Waals surface area contributed by atoms with Gasteiger partial charge in [-0.05, 0) is 6.07 Å². The zero-order chi connectivity index (χ0) is 10.0. The Labute approximate surface area is 76.2 Å². The third-order valence-electron chi connectivity index (χ3n) is 1.22. The van der Waals surface area contributed by atoms with Crippen molar-refractivity contribution in [3.05, 3.63) is 22.5 Å². The van der Waals surface area contributed by atoms with Gasteiger partial charge in [0.25, 0.3) is 6.43 Å². The summed E-state index contributed by atoms with van der Waals surface area (Å²) in [6, 6.07) is 0.697. The van der Waals surface area contributed by atoms with E-state index in [2.05, 4.69) is 10.2 Å². The van der Waals surface area contributed by atoms with Crippen LogP contribution < -0.4 is 0 Å². The molecule has 0 aromatic carbocycles. The number of hydrogen-bond donors (Lipinski definition) is 1. The lowest BCUT2D eigenvalue weighted by Gasteiger charge is -2.00. The Balaban J connectivity index is 3.19. The summed E-state index contributed by atoms with van der Waals surface area (Å²) >= 11 is 5.30. The largest absolute Gasteiger partial charge is 0.478 e. The number of carbonyl (C=O) groups is 1. The van der Waals surface area contributed by atoms with Crippen molar-refractivity contribution in [3.63, 3.8) is 0 Å². The monoisotopic (exact) mass is 208 g/mol. The maximum absolute atomic E-state index is 12.0. The summed E-state index contributed by atoms with van der Waals surface area (Å²) < 4.78 is 24.0. The lowest BCUT2D eigenvalue weighted by molar-refractivity contribution is 0.0695. The van der Waals surface area contributed by atoms with Crippen molar-refractivity contribution in [2.75, 3.05) is 0 Å². The Bertz CT molecular complexity index is 345. The van der Waals surface area contributed by atoms with Gasteiger partial charge in [-0.1, -0.05) is 11.6 Å². The summed E-state index contributed by atoms with van der Waals surface area (Å²) in [6.45, 7) is 0. The quantitative estimate of drug-likeness (QED) is 0.805. The van der Waals surface area contributed by atoms with Crippen LogP contribution in [0.3, 0.4) is 0 Å². The SMILES string of the molecule is O=C(O)c1cc(C(F)F)nnc1Cl. The average molecular weight is 209 g/mol. The molecule has 0 saturated heterocycles. The maximum atomic E-state index is 12.0. The zero-order valence-electron chi connectivity index (χ0n) is 6.04. The van der Waals surface area contributed by atoms with Crippen molar-refractivity contribution >= 4 is 17.6 Å². The smallest absolute Gasteiger partial charge is 0.338 e. The highest BCUT2D eigenvalue weighted by Crippen LogP contribution is 2.19. The highest BCUT2D eigenvalue weighted by molar-refractivity contribution is 6.32. The first kappa shape index (κ1) is 9.79. The molecule has 0 saturated carbocycles. The molecule has 0 fully saturated rings. The van der Waals surface area contributed by atoms with Crippen molar-refractivity contribution in [2.24, 2.45) is 0 Å². The highest BCUT2D eigenvalue weighted by atomic mass is 35.5. The fourth-order valence-electron chi connectivity index (χ4n) is 0.648. The van der Waals surface area contributed by atoms with E-state index in [1.54, 1.807) is 0 Å². The van der Waals surface area contributed by atoms with Crippen molar-refractivity contribution < 1.29 is 18.7 Å². The number of alkyl halides is 2. The van der Waals surface area contributed by atoms with E-state index in [9.17, 15) is 13.6 Å². The van der Waals surface area contributed by atoms with E-state index in [0.717, 1.165) is 0 Å². The van der Waals surface area contributed by atoms with Gasteiger partial charge in [-0.3, -0.25) is 0 Å². The van der Waals surface area contributed by atoms with Crippen LogP contribution in [0, 0.1) is 0 Å². The summed E-state index contributed by atoms with van der Waals surface area (Å²) in [5.74, 6) is -1.42. The van der Waals surface area contributed by atoms with Crippen LogP contribution >= 0.6 is 11.6 Å². The van der Waals surface area contributed by atoms with Gasteiger partial charge in [-0.2, -0.15) is 0 Å². The number of nitrogens with zero attached hydrogens (tertiary/aromatic N) is 2. The molecule has 70 valence electrons. The molecule has 0 aliphatic heterocycles. The molecule has 0 aliphatic rings. The van der Waals surface area contributed by atoms with Crippen LogP contribution in [-0.2, 0) is 0 Å². The average Bonchev–Trinajstić information content (AvgIpc) is 2.04. The number of carboxylic acid groups (broad SMARTS) is 1. The van der Waals surface area contributed by atoms with Crippen LogP contribution in [0.2, 0.25) is 5.15 Å². The molecular formula is C6H3ClF2N2O2. The number of rotatable bonds is 2. The van der Waals surface area contributed by atoms with Crippen molar-refractivity contribution in [1.29, 1.82) is 0 Å². The fourth-order valence-corrected chi connectivity index (χ4v) is 0.822. The fraction of sp³-hybridized carbons (Fsp3) is 0.167. The molecular weight excluding hydrogens is 206 g/mol. The highest BCUT2D eigenvalue weighted by Gasteiger charge is 2.16. The first-order valence-corrected chi connectivity index (χ1v) is 3.44. The van der Waals surface area contributed by atoms with E-state index < -0.39 is 28.8 Å². The standard InChI is InChI=1S/C6H3ClF2N2O2/c7-4-2(6(12)13)1-3(5(8)9)10-11-4/h1,5H,(H,12,13). The Kier molecular flexibility index (Phi) is 2.72. The second-order valence-electron chi connectivity index (χ2n) is 2.08. The Morgan fingerprint density at radius 3 is 2.62 bits per heavy atom. The minimum atomic E-state index is -2.86. The number of carboxylic acids is 1. The van der Waals surface area contributed by atoms with E-state index in [1.165, 1.54) is 0 Å². The van der Waals surface area contributed by atoms with Crippen LogP contribution in [0.25, 0.3) is 0 Å². The van der Waals surface area contributed by atoms with Crippen LogP contribution in [0.1, 0.15) is 22.5 Å². The zero-order valence-corrected chi connectivity index (χ0v) is 6.79. The molecule has 0 spiro atoms. The maximum Gasteiger partial charge on any atom is 0.338 e. The number of aromatic nitrogens is 2. The molecule has 1 aromatic heterocycles. The number of halogens is 3. The Morgan fingerprint density at radius 1 is 1.54 bits per heavy atom. The molecule has 13 heavy (non-hydrogen) atoms. The summed E-state index contributed by atoms with van der Waals surface area (Å²) in [5.41, 5.74) is -1.19. The van der Waals surface area contributed by atoms with Gasteiger partial charge in [-0.25, -0.2) is 13.6 Å². The van der Waals surface area contributed by atoms with Crippen molar-refractivity contribution in [1.82, 2.24) is 10.2 Å². The minimum Gasteiger partial charge on any atom is -0.478 e. The molecule has 0 amide bonds. The van der Waals surface area contributed by atoms with Crippen LogP contribution in [0.5, 0.6) is 0 Å². The molecule has 1 aromatic rings. The van der Waals surface area contributed by atoms with E-state index in [1.807, 2.05) is 0 Å². The normalized spacial score (nSPS) is 10.5. The molecule has 1 rings (SSSR count). The van der Waals surface area contributed by atoms with Gasteiger partial charge < -0.3 is 5.11 Å². The van der Waals surface area contributed by atoms with Gasteiger partial charge in [0.1, 0.15) is 11.3 Å². The molecule has 4 nitrogen and oxygen atoms in total. The summed E-state index contributed by atoms with van der Waals surface area (Å²) in [7, 11) is 0. The number of aromatic carboxylic acids is 1. The topological polar surface area (TPSA) is 63.1 Å². The molecule has 0 radical (unpaired) electrons. The van der Waals surface area contributed by atoms with E-state index in [4.69, 9.17) is 16.7 Å². The van der Waals surface area contributed by atoms with Gasteiger partial charge in [-0.15, -0.1) is 10.2 Å². The lowest BCUT2D eigenvalue weighted by Crippen LogP contribution is -2.03. The predicted molar refractivity (Wildman–Crippen MR) is 39.0 cm³/mol. The van der Waals surface area contributed by atoms with Gasteiger partial charge in [0.15, 0.2) is 5.15 Å². The Morgan fingerprint density at radius 2 is 2.15 bits per heavy atom. The predicted octanol–water partition coefficient (Wildman–Crippen LogP) is 1.77. The Hall–Kier alpha value is -1.30. The van der Waals surface area contributed by atoms with E-state index in [0.29, 0.717) is 6.07 Å². The first-order valence-electron chi connectivity index (χ1n) is 3.07. The van der Waals surface area contributed by atoms with Crippen LogP contribution in [-0.4, -0.2) is 21.3 Å². The van der Waals surface area contributed by atoms with E-state index >= 15 is 0 Å². The van der Waals surface area contributed by atoms with E-state index in [-0.39, 0.29) is 0 Å². The first-order chi connectivity index (χ1) is 6.02. The lowest BCUT2D eigenvalue weighted by atomic mass is 10.2. The van der Waals surface area contributed by atoms with Crippen LogP contribution in [0.4, 0.5) is 8.78 Å². The van der Waals surface area contributed by atoms with Crippen LogP contribution in [0.15, 0.2) is 6.07 Å². The van der Waals surface area contributed by atoms with Gasteiger partial charge in [0.05, 0.1) is 0 Å².